The Labute approximate surface area is 226 Å². The monoisotopic (exact) mass is 532 g/mol. The summed E-state index contributed by atoms with van der Waals surface area (Å²) >= 11 is 0. The van der Waals surface area contributed by atoms with Crippen LogP contribution in [0.3, 0.4) is 0 Å². The molecule has 1 spiro atoms. The first-order chi connectivity index (χ1) is 18.7. The van der Waals surface area contributed by atoms with Gasteiger partial charge in [-0.05, 0) is 82.8 Å². The number of hydrogen-bond donors (Lipinski definition) is 2. The summed E-state index contributed by atoms with van der Waals surface area (Å²) in [6, 6.07) is 7.28. The number of halogens is 2. The Kier molecular flexibility index (Phi) is 6.55. The molecule has 2 aliphatic heterocycles. The van der Waals surface area contributed by atoms with Gasteiger partial charge in [-0.3, -0.25) is 4.90 Å². The lowest BCUT2D eigenvalue weighted by atomic mass is 9.86. The Morgan fingerprint density at radius 2 is 1.87 bits per heavy atom. The van der Waals surface area contributed by atoms with E-state index in [1.165, 1.54) is 18.9 Å². The fourth-order valence-electron chi connectivity index (χ4n) is 6.18. The zero-order valence-corrected chi connectivity index (χ0v) is 22.8. The van der Waals surface area contributed by atoms with Crippen molar-refractivity contribution in [3.8, 4) is 11.3 Å². The molecule has 2 atom stereocenters. The number of benzene rings is 1. The summed E-state index contributed by atoms with van der Waals surface area (Å²) in [5, 5.41) is 6.58. The summed E-state index contributed by atoms with van der Waals surface area (Å²) in [5.74, 6) is 0.285. The summed E-state index contributed by atoms with van der Waals surface area (Å²) in [4.78, 5) is 19.9. The minimum absolute atomic E-state index is 0.0112. The number of aryl methyl sites for hydroxylation is 1. The Bertz CT molecular complexity index is 1510. The average Bonchev–Trinajstić information content (AvgIpc) is 3.64. The highest BCUT2D eigenvalue weighted by atomic mass is 19.1. The van der Waals surface area contributed by atoms with Crippen LogP contribution in [0.25, 0.3) is 22.3 Å². The second-order valence-corrected chi connectivity index (χ2v) is 11.3. The van der Waals surface area contributed by atoms with E-state index in [2.05, 4.69) is 48.5 Å². The number of fused-ring (bicyclic) bond motifs is 1. The van der Waals surface area contributed by atoms with Gasteiger partial charge in [0.1, 0.15) is 22.9 Å². The van der Waals surface area contributed by atoms with Gasteiger partial charge in [-0.2, -0.15) is 0 Å². The van der Waals surface area contributed by atoms with E-state index in [0.717, 1.165) is 37.9 Å². The molecule has 4 aromatic rings. The molecule has 2 saturated heterocycles. The van der Waals surface area contributed by atoms with Crippen LogP contribution in [0.15, 0.2) is 36.7 Å². The van der Waals surface area contributed by atoms with Crippen LogP contribution in [0, 0.1) is 24.0 Å². The Balaban J connectivity index is 1.22. The zero-order chi connectivity index (χ0) is 27.3. The molecule has 10 heteroatoms. The molecule has 39 heavy (non-hydrogen) atoms. The molecular weight excluding hydrogens is 498 g/mol. The lowest BCUT2D eigenvalue weighted by molar-refractivity contribution is 0.223. The quantitative estimate of drug-likeness (QED) is 0.337. The van der Waals surface area contributed by atoms with Gasteiger partial charge in [0.05, 0.1) is 11.7 Å². The minimum Gasteiger partial charge on any atom is -0.326 e. The van der Waals surface area contributed by atoms with E-state index >= 15 is 0 Å². The molecule has 0 aliphatic carbocycles. The fraction of sp³-hybridized carbons (Fsp3) is 0.448. The van der Waals surface area contributed by atoms with Gasteiger partial charge in [-0.25, -0.2) is 28.7 Å². The minimum atomic E-state index is -0.635. The molecule has 204 valence electrons. The molecule has 0 saturated carbocycles. The van der Waals surface area contributed by atoms with E-state index in [1.54, 1.807) is 6.07 Å². The molecule has 0 bridgehead atoms. The third-order valence-electron chi connectivity index (χ3n) is 8.32. The topological polar surface area (TPSA) is 83.8 Å². The highest BCUT2D eigenvalue weighted by Crippen LogP contribution is 2.39. The average molecular weight is 533 g/mol. The van der Waals surface area contributed by atoms with Gasteiger partial charge in [0.2, 0.25) is 5.95 Å². The number of nitrogens with one attached hydrogen (secondary N) is 2. The maximum atomic E-state index is 15.0. The van der Waals surface area contributed by atoms with Gasteiger partial charge in [0.15, 0.2) is 11.6 Å². The van der Waals surface area contributed by atoms with Crippen molar-refractivity contribution in [3.05, 3.63) is 59.7 Å². The van der Waals surface area contributed by atoms with Crippen molar-refractivity contribution in [1.82, 2.24) is 34.7 Å². The van der Waals surface area contributed by atoms with Crippen molar-refractivity contribution in [2.24, 2.45) is 5.41 Å². The van der Waals surface area contributed by atoms with Crippen molar-refractivity contribution in [2.75, 3.05) is 31.5 Å². The zero-order valence-electron chi connectivity index (χ0n) is 22.8. The molecule has 5 heterocycles. The first-order valence-corrected chi connectivity index (χ1v) is 13.6. The second-order valence-electron chi connectivity index (χ2n) is 11.3. The van der Waals surface area contributed by atoms with Crippen LogP contribution in [-0.4, -0.2) is 55.6 Å². The van der Waals surface area contributed by atoms with Gasteiger partial charge in [-0.1, -0.05) is 6.07 Å². The van der Waals surface area contributed by atoms with Crippen molar-refractivity contribution >= 4 is 22.8 Å². The first-order valence-electron chi connectivity index (χ1n) is 13.6. The molecule has 1 aromatic carbocycles. The van der Waals surface area contributed by atoms with Gasteiger partial charge in [0.25, 0.3) is 0 Å². The van der Waals surface area contributed by atoms with E-state index < -0.39 is 11.6 Å². The molecule has 1 unspecified atom stereocenters. The van der Waals surface area contributed by atoms with Crippen molar-refractivity contribution in [1.29, 1.82) is 0 Å². The first kappa shape index (κ1) is 25.8. The van der Waals surface area contributed by atoms with Crippen LogP contribution in [0.2, 0.25) is 0 Å². The van der Waals surface area contributed by atoms with Gasteiger partial charge in [0, 0.05) is 36.9 Å². The Morgan fingerprint density at radius 3 is 2.59 bits per heavy atom. The van der Waals surface area contributed by atoms with Crippen LogP contribution < -0.4 is 10.6 Å². The Morgan fingerprint density at radius 1 is 1.03 bits per heavy atom. The molecule has 2 N–H and O–H groups in total. The number of imidazole rings is 1. The summed E-state index contributed by atoms with van der Waals surface area (Å²) in [6.07, 6.45) is 5.44. The second kappa shape index (κ2) is 9.91. The van der Waals surface area contributed by atoms with E-state index in [9.17, 15) is 8.78 Å². The molecule has 8 nitrogen and oxygen atoms in total. The van der Waals surface area contributed by atoms with Crippen molar-refractivity contribution in [3.63, 3.8) is 0 Å². The molecule has 2 fully saturated rings. The van der Waals surface area contributed by atoms with Crippen LogP contribution >= 0.6 is 0 Å². The highest BCUT2D eigenvalue weighted by molar-refractivity contribution is 5.83. The number of pyridine rings is 1. The molecule has 0 amide bonds. The molecular formula is C29H34F2N8. The van der Waals surface area contributed by atoms with Crippen LogP contribution in [0.4, 0.5) is 20.5 Å². The van der Waals surface area contributed by atoms with E-state index in [4.69, 9.17) is 0 Å². The standard InChI is InChI=1S/C29H34F2N8/c1-17(2)39-19(4)35-27-22(30)11-21(12-24(27)39)26-23(31)14-34-28(37-26)36-25-6-5-20(13-33-25)18(3)38-10-8-29(16-38)7-9-32-15-29/h5-6,11-14,17-18,32H,7-10,15-16H2,1-4H3,(H,33,34,36,37)/t18-,29?/m1/s1. The number of aromatic nitrogens is 5. The predicted molar refractivity (Wildman–Crippen MR) is 148 cm³/mol. The molecule has 2 aliphatic rings. The van der Waals surface area contributed by atoms with Crippen molar-refractivity contribution < 1.29 is 8.78 Å². The lowest BCUT2D eigenvalue weighted by Gasteiger charge is -2.27. The Hall–Kier alpha value is -3.50. The van der Waals surface area contributed by atoms with E-state index in [1.807, 2.05) is 37.6 Å². The summed E-state index contributed by atoms with van der Waals surface area (Å²) in [6.45, 7) is 12.5. The number of likely N-dealkylation sites (tertiary alicyclic amines) is 1. The SMILES string of the molecule is Cc1nc2c(F)cc(-c3nc(Nc4ccc([C@@H](C)N5CCC6(CCNC6)C5)cn4)ncc3F)cc2n1C(C)C. The molecule has 6 rings (SSSR count). The van der Waals surface area contributed by atoms with Crippen LogP contribution in [0.1, 0.15) is 57.1 Å². The molecule has 0 radical (unpaired) electrons. The van der Waals surface area contributed by atoms with Gasteiger partial charge in [-0.15, -0.1) is 0 Å². The van der Waals surface area contributed by atoms with Gasteiger partial charge < -0.3 is 15.2 Å². The van der Waals surface area contributed by atoms with Crippen LogP contribution in [0.5, 0.6) is 0 Å². The largest absolute Gasteiger partial charge is 0.326 e. The van der Waals surface area contributed by atoms with Gasteiger partial charge >= 0.3 is 0 Å². The number of nitrogens with zero attached hydrogens (tertiary/aromatic N) is 6. The summed E-state index contributed by atoms with van der Waals surface area (Å²) in [5.41, 5.74) is 2.76. The van der Waals surface area contributed by atoms with E-state index in [0.29, 0.717) is 28.1 Å². The molecule has 3 aromatic heterocycles. The maximum Gasteiger partial charge on any atom is 0.229 e. The van der Waals surface area contributed by atoms with Crippen LogP contribution in [-0.2, 0) is 0 Å². The third kappa shape index (κ3) is 4.76. The smallest absolute Gasteiger partial charge is 0.229 e. The third-order valence-corrected chi connectivity index (χ3v) is 8.32. The normalized spacial score (nSPS) is 20.5. The highest BCUT2D eigenvalue weighted by Gasteiger charge is 2.41. The lowest BCUT2D eigenvalue weighted by Crippen LogP contribution is -2.30. The number of hydrogen-bond acceptors (Lipinski definition) is 7. The summed E-state index contributed by atoms with van der Waals surface area (Å²) in [7, 11) is 0. The number of rotatable bonds is 6. The summed E-state index contributed by atoms with van der Waals surface area (Å²) < 4.78 is 31.8. The predicted octanol–water partition coefficient (Wildman–Crippen LogP) is 5.55. The number of anilines is 2. The van der Waals surface area contributed by atoms with Crippen molar-refractivity contribution in [2.45, 2.75) is 52.6 Å². The van der Waals surface area contributed by atoms with E-state index in [-0.39, 0.29) is 29.2 Å². The maximum absolute atomic E-state index is 15.0. The fourth-order valence-corrected chi connectivity index (χ4v) is 6.18.